The zero-order valence-corrected chi connectivity index (χ0v) is 13.5. The highest BCUT2D eigenvalue weighted by molar-refractivity contribution is 5.83. The number of benzene rings is 1. The third-order valence-electron chi connectivity index (χ3n) is 3.87. The van der Waals surface area contributed by atoms with Crippen LogP contribution in [0.5, 0.6) is 5.75 Å². The summed E-state index contributed by atoms with van der Waals surface area (Å²) in [6, 6.07) is 7.51. The number of hydrogen-bond acceptors (Lipinski definition) is 6. The molecule has 0 spiro atoms. The van der Waals surface area contributed by atoms with Crippen molar-refractivity contribution in [3.63, 3.8) is 0 Å². The fourth-order valence-electron chi connectivity index (χ4n) is 2.60. The van der Waals surface area contributed by atoms with Crippen LogP contribution in [-0.4, -0.2) is 17.1 Å². The fraction of sp³-hybridized carbons (Fsp3) is 0.294. The molecule has 0 fully saturated rings. The predicted molar refractivity (Wildman–Crippen MR) is 89.2 cm³/mol. The molecule has 6 nitrogen and oxygen atoms in total. The van der Waals surface area contributed by atoms with Gasteiger partial charge >= 0.3 is 0 Å². The minimum atomic E-state index is 0.0263. The van der Waals surface area contributed by atoms with Gasteiger partial charge in [0.15, 0.2) is 0 Å². The van der Waals surface area contributed by atoms with E-state index in [1.54, 1.807) is 19.4 Å². The number of anilines is 1. The van der Waals surface area contributed by atoms with Crippen molar-refractivity contribution < 1.29 is 9.15 Å². The first kappa shape index (κ1) is 15.3. The molecule has 0 aliphatic rings. The van der Waals surface area contributed by atoms with Crippen LogP contribution in [0.25, 0.3) is 11.0 Å². The highest BCUT2D eigenvalue weighted by Crippen LogP contribution is 2.31. The summed E-state index contributed by atoms with van der Waals surface area (Å²) < 4.78 is 11.3. The molecular formula is C17H20N4O2. The SMILES string of the molecule is COc1ccc2oc([C@H](C)NCc3nccc(N)n3)c(C)c2c1. The lowest BCUT2D eigenvalue weighted by Gasteiger charge is -2.11. The average molecular weight is 312 g/mol. The van der Waals surface area contributed by atoms with Gasteiger partial charge in [-0.2, -0.15) is 0 Å². The number of nitrogen functional groups attached to an aromatic ring is 1. The molecule has 0 bridgehead atoms. The van der Waals surface area contributed by atoms with Crippen molar-refractivity contribution in [2.24, 2.45) is 0 Å². The van der Waals surface area contributed by atoms with Crippen LogP contribution >= 0.6 is 0 Å². The molecule has 1 aromatic carbocycles. The summed E-state index contributed by atoms with van der Waals surface area (Å²) in [4.78, 5) is 8.38. The van der Waals surface area contributed by atoms with Crippen LogP contribution in [0.15, 0.2) is 34.9 Å². The number of aryl methyl sites for hydroxylation is 1. The normalized spacial score (nSPS) is 12.5. The van der Waals surface area contributed by atoms with Gasteiger partial charge in [-0.25, -0.2) is 9.97 Å². The Hall–Kier alpha value is -2.60. The standard InChI is InChI=1S/C17H20N4O2/c1-10-13-8-12(22-3)4-5-14(13)23-17(10)11(2)20-9-16-19-7-6-15(18)21-16/h4-8,11,20H,9H2,1-3H3,(H2,18,19,21)/t11-/m0/s1. The van der Waals surface area contributed by atoms with E-state index in [-0.39, 0.29) is 6.04 Å². The molecule has 0 saturated carbocycles. The van der Waals surface area contributed by atoms with Crippen molar-refractivity contribution in [1.29, 1.82) is 0 Å². The van der Waals surface area contributed by atoms with Gasteiger partial charge in [0.2, 0.25) is 0 Å². The molecule has 6 heteroatoms. The lowest BCUT2D eigenvalue weighted by molar-refractivity contribution is 0.415. The van der Waals surface area contributed by atoms with E-state index >= 15 is 0 Å². The van der Waals surface area contributed by atoms with Gasteiger partial charge in [0, 0.05) is 17.1 Å². The van der Waals surface area contributed by atoms with Gasteiger partial charge < -0.3 is 20.2 Å². The maximum Gasteiger partial charge on any atom is 0.144 e. The maximum absolute atomic E-state index is 5.99. The van der Waals surface area contributed by atoms with E-state index in [9.17, 15) is 0 Å². The number of furan rings is 1. The number of aromatic nitrogens is 2. The molecule has 0 aliphatic heterocycles. The molecule has 0 saturated heterocycles. The van der Waals surface area contributed by atoms with Crippen LogP contribution in [-0.2, 0) is 6.54 Å². The van der Waals surface area contributed by atoms with Gasteiger partial charge in [0.05, 0.1) is 19.7 Å². The highest BCUT2D eigenvalue weighted by atomic mass is 16.5. The molecule has 0 unspecified atom stereocenters. The molecule has 0 aliphatic carbocycles. The number of fused-ring (bicyclic) bond motifs is 1. The maximum atomic E-state index is 5.99. The van der Waals surface area contributed by atoms with Gasteiger partial charge in [0.25, 0.3) is 0 Å². The fourth-order valence-corrected chi connectivity index (χ4v) is 2.60. The summed E-state index contributed by atoms with van der Waals surface area (Å²) in [5.74, 6) is 2.85. The van der Waals surface area contributed by atoms with Crippen LogP contribution in [0.3, 0.4) is 0 Å². The highest BCUT2D eigenvalue weighted by Gasteiger charge is 2.17. The number of nitrogens with zero attached hydrogens (tertiary/aromatic N) is 2. The summed E-state index contributed by atoms with van der Waals surface area (Å²) >= 11 is 0. The Morgan fingerprint density at radius 3 is 2.91 bits per heavy atom. The summed E-state index contributed by atoms with van der Waals surface area (Å²) in [5, 5.41) is 4.43. The van der Waals surface area contributed by atoms with Gasteiger partial charge in [-0.05, 0) is 38.1 Å². The number of nitrogens with two attached hydrogens (primary N) is 1. The predicted octanol–water partition coefficient (Wildman–Crippen LogP) is 2.97. The van der Waals surface area contributed by atoms with Crippen molar-refractivity contribution >= 4 is 16.8 Å². The van der Waals surface area contributed by atoms with E-state index < -0.39 is 0 Å². The minimum Gasteiger partial charge on any atom is -0.497 e. The number of rotatable bonds is 5. The average Bonchev–Trinajstić information content (AvgIpc) is 2.89. The molecule has 0 amide bonds. The van der Waals surface area contributed by atoms with E-state index in [0.717, 1.165) is 28.0 Å². The third kappa shape index (κ3) is 3.12. The van der Waals surface area contributed by atoms with E-state index in [1.165, 1.54) is 0 Å². The zero-order valence-electron chi connectivity index (χ0n) is 13.5. The molecule has 120 valence electrons. The second kappa shape index (κ2) is 6.26. The van der Waals surface area contributed by atoms with E-state index in [2.05, 4.69) is 22.2 Å². The second-order valence-electron chi connectivity index (χ2n) is 5.45. The van der Waals surface area contributed by atoms with E-state index in [1.807, 2.05) is 25.1 Å². The Morgan fingerprint density at radius 1 is 1.35 bits per heavy atom. The van der Waals surface area contributed by atoms with E-state index in [0.29, 0.717) is 18.2 Å². The van der Waals surface area contributed by atoms with Gasteiger partial charge in [-0.15, -0.1) is 0 Å². The van der Waals surface area contributed by atoms with Crippen molar-refractivity contribution in [2.75, 3.05) is 12.8 Å². The first-order valence-corrected chi connectivity index (χ1v) is 7.46. The van der Waals surface area contributed by atoms with Crippen LogP contribution in [0, 0.1) is 6.92 Å². The Bertz CT molecular complexity index is 829. The summed E-state index contributed by atoms with van der Waals surface area (Å²) in [6.45, 7) is 4.62. The Kier molecular flexibility index (Phi) is 4.16. The van der Waals surface area contributed by atoms with Crippen molar-refractivity contribution in [1.82, 2.24) is 15.3 Å². The molecule has 3 N–H and O–H groups in total. The summed E-state index contributed by atoms with van der Waals surface area (Å²) in [5.41, 5.74) is 7.63. The first-order valence-electron chi connectivity index (χ1n) is 7.46. The number of methoxy groups -OCH3 is 1. The van der Waals surface area contributed by atoms with Crippen LogP contribution in [0.1, 0.15) is 30.1 Å². The Morgan fingerprint density at radius 2 is 2.17 bits per heavy atom. The van der Waals surface area contributed by atoms with Gasteiger partial charge in [-0.1, -0.05) is 0 Å². The Labute approximate surface area is 134 Å². The molecule has 3 rings (SSSR count). The smallest absolute Gasteiger partial charge is 0.144 e. The molecular weight excluding hydrogens is 292 g/mol. The monoisotopic (exact) mass is 312 g/mol. The molecule has 1 atom stereocenters. The van der Waals surface area contributed by atoms with Gasteiger partial charge in [0.1, 0.15) is 28.7 Å². The molecule has 2 heterocycles. The van der Waals surface area contributed by atoms with E-state index in [4.69, 9.17) is 14.9 Å². The van der Waals surface area contributed by atoms with Crippen LogP contribution in [0.4, 0.5) is 5.82 Å². The van der Waals surface area contributed by atoms with Crippen molar-refractivity contribution in [3.05, 3.63) is 47.6 Å². The molecule has 23 heavy (non-hydrogen) atoms. The number of nitrogens with one attached hydrogen (secondary N) is 1. The lowest BCUT2D eigenvalue weighted by Crippen LogP contribution is -2.20. The molecule has 0 radical (unpaired) electrons. The molecule has 3 aromatic rings. The van der Waals surface area contributed by atoms with Gasteiger partial charge in [-0.3, -0.25) is 0 Å². The lowest BCUT2D eigenvalue weighted by atomic mass is 10.1. The minimum absolute atomic E-state index is 0.0263. The summed E-state index contributed by atoms with van der Waals surface area (Å²) in [6.07, 6.45) is 1.66. The molecule has 2 aromatic heterocycles. The summed E-state index contributed by atoms with van der Waals surface area (Å²) in [7, 11) is 1.66. The first-order chi connectivity index (χ1) is 11.1. The van der Waals surface area contributed by atoms with Crippen LogP contribution in [0.2, 0.25) is 0 Å². The van der Waals surface area contributed by atoms with Crippen LogP contribution < -0.4 is 15.8 Å². The number of hydrogen-bond donors (Lipinski definition) is 2. The van der Waals surface area contributed by atoms with Crippen molar-refractivity contribution in [2.45, 2.75) is 26.4 Å². The Balaban J connectivity index is 1.80. The number of ether oxygens (including phenoxy) is 1. The largest absolute Gasteiger partial charge is 0.497 e. The zero-order chi connectivity index (χ0) is 16.4. The second-order valence-corrected chi connectivity index (χ2v) is 5.45. The van der Waals surface area contributed by atoms with Crippen molar-refractivity contribution in [3.8, 4) is 5.75 Å². The topological polar surface area (TPSA) is 86.2 Å². The third-order valence-corrected chi connectivity index (χ3v) is 3.87. The quantitative estimate of drug-likeness (QED) is 0.753.